The summed E-state index contributed by atoms with van der Waals surface area (Å²) in [7, 11) is 0. The van der Waals surface area contributed by atoms with Crippen LogP contribution in [-0.2, 0) is 9.53 Å². The van der Waals surface area contributed by atoms with Gasteiger partial charge in [-0.2, -0.15) is 0 Å². The number of nitrogens with one attached hydrogen (secondary N) is 1. The van der Waals surface area contributed by atoms with E-state index >= 15 is 0 Å². The first kappa shape index (κ1) is 11.4. The Kier molecular flexibility index (Phi) is 6.70. The Labute approximate surface area is 72.9 Å². The first-order chi connectivity index (χ1) is 5.68. The van der Waals surface area contributed by atoms with Gasteiger partial charge in [0.05, 0.1) is 6.61 Å². The van der Waals surface area contributed by atoms with E-state index in [1.165, 1.54) is 6.92 Å². The third-order valence-corrected chi connectivity index (χ3v) is 1.42. The summed E-state index contributed by atoms with van der Waals surface area (Å²) >= 11 is 0. The second kappa shape index (κ2) is 7.06. The molecule has 0 aliphatic carbocycles. The molecule has 0 amide bonds. The van der Waals surface area contributed by atoms with Gasteiger partial charge in [0, 0.05) is 6.54 Å². The summed E-state index contributed by atoms with van der Waals surface area (Å²) in [5, 5.41) is 11.6. The maximum Gasteiger partial charge on any atom is 0.332 e. The van der Waals surface area contributed by atoms with Crippen molar-refractivity contribution in [2.45, 2.75) is 26.4 Å². The predicted octanol–water partition coefficient (Wildman–Crippen LogP) is 0.476. The largest absolute Gasteiger partial charge is 0.479 e. The number of aliphatic carboxylic acids is 1. The van der Waals surface area contributed by atoms with E-state index < -0.39 is 12.1 Å². The van der Waals surface area contributed by atoms with Crippen LogP contribution in [0.3, 0.4) is 0 Å². The Balaban J connectivity index is 3.14. The van der Waals surface area contributed by atoms with Gasteiger partial charge < -0.3 is 15.2 Å². The highest BCUT2D eigenvalue weighted by Gasteiger charge is 2.09. The number of carbonyl (C=O) groups is 1. The van der Waals surface area contributed by atoms with Crippen LogP contribution in [0.1, 0.15) is 20.3 Å². The smallest absolute Gasteiger partial charge is 0.332 e. The second-order valence-electron chi connectivity index (χ2n) is 2.60. The van der Waals surface area contributed by atoms with E-state index in [9.17, 15) is 4.79 Å². The zero-order chi connectivity index (χ0) is 9.40. The summed E-state index contributed by atoms with van der Waals surface area (Å²) in [4.78, 5) is 10.3. The lowest BCUT2D eigenvalue weighted by Gasteiger charge is -2.08. The Morgan fingerprint density at radius 2 is 2.25 bits per heavy atom. The third kappa shape index (κ3) is 6.12. The lowest BCUT2D eigenvalue weighted by molar-refractivity contribution is -0.148. The fourth-order valence-corrected chi connectivity index (χ4v) is 0.681. The van der Waals surface area contributed by atoms with Crippen molar-refractivity contribution in [2.24, 2.45) is 0 Å². The number of hydrogen-bond donors (Lipinski definition) is 2. The molecule has 12 heavy (non-hydrogen) atoms. The quantitative estimate of drug-likeness (QED) is 0.552. The molecule has 4 nitrogen and oxygen atoms in total. The zero-order valence-electron chi connectivity index (χ0n) is 7.67. The summed E-state index contributed by atoms with van der Waals surface area (Å²) in [5.74, 6) is -0.912. The Bertz CT molecular complexity index is 127. The highest BCUT2D eigenvalue weighted by atomic mass is 16.5. The maximum absolute atomic E-state index is 10.3. The van der Waals surface area contributed by atoms with Gasteiger partial charge in [-0.15, -0.1) is 0 Å². The van der Waals surface area contributed by atoms with Crippen molar-refractivity contribution < 1.29 is 14.6 Å². The van der Waals surface area contributed by atoms with Gasteiger partial charge in [-0.25, -0.2) is 4.79 Å². The fourth-order valence-electron chi connectivity index (χ4n) is 0.681. The lowest BCUT2D eigenvalue weighted by Crippen LogP contribution is -2.26. The molecule has 0 radical (unpaired) electrons. The van der Waals surface area contributed by atoms with Crippen LogP contribution in [0.2, 0.25) is 0 Å². The van der Waals surface area contributed by atoms with Crippen molar-refractivity contribution >= 4 is 5.97 Å². The summed E-state index contributed by atoms with van der Waals surface area (Å²) in [6.45, 7) is 5.72. The number of carboxylic acids is 1. The molecular weight excluding hydrogens is 158 g/mol. The van der Waals surface area contributed by atoms with Crippen LogP contribution in [-0.4, -0.2) is 36.9 Å². The highest BCUT2D eigenvalue weighted by Crippen LogP contribution is 1.88. The monoisotopic (exact) mass is 175 g/mol. The maximum atomic E-state index is 10.3. The highest BCUT2D eigenvalue weighted by molar-refractivity contribution is 5.71. The first-order valence-corrected chi connectivity index (χ1v) is 4.23. The first-order valence-electron chi connectivity index (χ1n) is 4.23. The van der Waals surface area contributed by atoms with Gasteiger partial charge >= 0.3 is 5.97 Å². The molecule has 1 atom stereocenters. The van der Waals surface area contributed by atoms with Gasteiger partial charge in [0.15, 0.2) is 6.10 Å². The normalized spacial score (nSPS) is 12.8. The van der Waals surface area contributed by atoms with Crippen molar-refractivity contribution in [2.75, 3.05) is 19.7 Å². The molecule has 1 unspecified atom stereocenters. The van der Waals surface area contributed by atoms with E-state index in [0.717, 1.165) is 13.0 Å². The van der Waals surface area contributed by atoms with E-state index in [0.29, 0.717) is 13.2 Å². The predicted molar refractivity (Wildman–Crippen MR) is 46.2 cm³/mol. The Morgan fingerprint density at radius 1 is 1.58 bits per heavy atom. The number of rotatable bonds is 7. The van der Waals surface area contributed by atoms with Crippen molar-refractivity contribution in [1.82, 2.24) is 5.32 Å². The number of hydrogen-bond acceptors (Lipinski definition) is 3. The molecule has 0 spiro atoms. The Morgan fingerprint density at radius 3 is 2.75 bits per heavy atom. The molecule has 72 valence electrons. The molecule has 0 saturated carbocycles. The minimum atomic E-state index is -0.912. The zero-order valence-corrected chi connectivity index (χ0v) is 7.67. The molecule has 0 bridgehead atoms. The Hall–Kier alpha value is -0.610. The topological polar surface area (TPSA) is 58.6 Å². The molecule has 0 aromatic carbocycles. The standard InChI is InChI=1S/C8H17NO3/c1-3-4-9-5-6-12-7(2)8(10)11/h7,9H,3-6H2,1-2H3,(H,10,11). The summed E-state index contributed by atoms with van der Waals surface area (Å²) in [6.07, 6.45) is 0.377. The molecule has 0 aromatic rings. The van der Waals surface area contributed by atoms with Crippen LogP contribution in [0.4, 0.5) is 0 Å². The van der Waals surface area contributed by atoms with Crippen LogP contribution in [0.25, 0.3) is 0 Å². The van der Waals surface area contributed by atoms with Crippen molar-refractivity contribution in [1.29, 1.82) is 0 Å². The third-order valence-electron chi connectivity index (χ3n) is 1.42. The summed E-state index contributed by atoms with van der Waals surface area (Å²) in [5.41, 5.74) is 0. The molecule has 0 fully saturated rings. The average molecular weight is 175 g/mol. The van der Waals surface area contributed by atoms with Crippen LogP contribution < -0.4 is 5.32 Å². The van der Waals surface area contributed by atoms with Crippen LogP contribution in [0, 0.1) is 0 Å². The molecule has 0 aliphatic heterocycles. The summed E-state index contributed by atoms with van der Waals surface area (Å²) < 4.78 is 4.99. The second-order valence-corrected chi connectivity index (χ2v) is 2.60. The van der Waals surface area contributed by atoms with Crippen molar-refractivity contribution in [3.05, 3.63) is 0 Å². The van der Waals surface area contributed by atoms with Crippen LogP contribution in [0.15, 0.2) is 0 Å². The van der Waals surface area contributed by atoms with Gasteiger partial charge in [-0.3, -0.25) is 0 Å². The SMILES string of the molecule is CCCNCCOC(C)C(=O)O. The molecule has 2 N–H and O–H groups in total. The van der Waals surface area contributed by atoms with Crippen molar-refractivity contribution in [3.8, 4) is 0 Å². The van der Waals surface area contributed by atoms with Crippen LogP contribution >= 0.6 is 0 Å². The fraction of sp³-hybridized carbons (Fsp3) is 0.875. The molecule has 0 saturated heterocycles. The molecular formula is C8H17NO3. The van der Waals surface area contributed by atoms with E-state index in [2.05, 4.69) is 12.2 Å². The molecule has 0 aliphatic rings. The van der Waals surface area contributed by atoms with Gasteiger partial charge in [0.25, 0.3) is 0 Å². The van der Waals surface area contributed by atoms with E-state index in [1.807, 2.05) is 0 Å². The van der Waals surface area contributed by atoms with E-state index in [1.54, 1.807) is 0 Å². The van der Waals surface area contributed by atoms with Gasteiger partial charge in [0.1, 0.15) is 0 Å². The van der Waals surface area contributed by atoms with E-state index in [4.69, 9.17) is 9.84 Å². The average Bonchev–Trinajstić information content (AvgIpc) is 2.03. The minimum Gasteiger partial charge on any atom is -0.479 e. The van der Waals surface area contributed by atoms with Crippen molar-refractivity contribution in [3.63, 3.8) is 0 Å². The van der Waals surface area contributed by atoms with E-state index in [-0.39, 0.29) is 0 Å². The molecule has 4 heteroatoms. The molecule has 0 rings (SSSR count). The van der Waals surface area contributed by atoms with Gasteiger partial charge in [-0.1, -0.05) is 6.92 Å². The lowest BCUT2D eigenvalue weighted by atomic mass is 10.4. The minimum absolute atomic E-state index is 0.452. The molecule has 0 aromatic heterocycles. The number of ether oxygens (including phenoxy) is 1. The summed E-state index contributed by atoms with van der Waals surface area (Å²) in [6, 6.07) is 0. The van der Waals surface area contributed by atoms with Gasteiger partial charge in [-0.05, 0) is 19.9 Å². The van der Waals surface area contributed by atoms with Gasteiger partial charge in [0.2, 0.25) is 0 Å². The number of carboxylic acid groups (broad SMARTS) is 1. The van der Waals surface area contributed by atoms with Crippen LogP contribution in [0.5, 0.6) is 0 Å². The molecule has 0 heterocycles.